The molecule has 0 aromatic heterocycles. The standard InChI is InChI=1S/C11H15ClFNO.ClH/c1-11(2,6-15)10(14)8-4-3-7(13)5-9(8)12;/h3-5,10,15H,6,14H2,1-2H3;1H/t10-;/m0./s1. The maximum Gasteiger partial charge on any atom is 0.124 e. The normalized spacial score (nSPS) is 13.1. The molecule has 0 fully saturated rings. The van der Waals surface area contributed by atoms with E-state index in [1.807, 2.05) is 13.8 Å². The fourth-order valence-corrected chi connectivity index (χ4v) is 1.56. The zero-order valence-electron chi connectivity index (χ0n) is 9.21. The summed E-state index contributed by atoms with van der Waals surface area (Å²) in [5.74, 6) is -0.391. The predicted octanol–water partition coefficient (Wildman–Crippen LogP) is 2.92. The van der Waals surface area contributed by atoms with Gasteiger partial charge in [0.25, 0.3) is 0 Å². The van der Waals surface area contributed by atoms with Crippen LogP contribution in [0.5, 0.6) is 0 Å². The monoisotopic (exact) mass is 267 g/mol. The summed E-state index contributed by atoms with van der Waals surface area (Å²) in [7, 11) is 0. The van der Waals surface area contributed by atoms with Gasteiger partial charge in [-0.25, -0.2) is 4.39 Å². The van der Waals surface area contributed by atoms with E-state index < -0.39 is 17.3 Å². The smallest absolute Gasteiger partial charge is 0.124 e. The largest absolute Gasteiger partial charge is 0.396 e. The highest BCUT2D eigenvalue weighted by Gasteiger charge is 2.28. The van der Waals surface area contributed by atoms with E-state index in [1.165, 1.54) is 12.1 Å². The molecule has 0 unspecified atom stereocenters. The summed E-state index contributed by atoms with van der Waals surface area (Å²) in [5, 5.41) is 9.47. The lowest BCUT2D eigenvalue weighted by Crippen LogP contribution is -2.32. The molecule has 0 bridgehead atoms. The third kappa shape index (κ3) is 3.32. The van der Waals surface area contributed by atoms with E-state index in [9.17, 15) is 9.50 Å². The van der Waals surface area contributed by atoms with Crippen molar-refractivity contribution in [2.75, 3.05) is 6.61 Å². The second-order valence-electron chi connectivity index (χ2n) is 4.29. The molecule has 1 aromatic carbocycles. The Bertz CT molecular complexity index is 358. The third-order valence-electron chi connectivity index (χ3n) is 2.55. The summed E-state index contributed by atoms with van der Waals surface area (Å²) in [5.41, 5.74) is 6.13. The van der Waals surface area contributed by atoms with Crippen LogP contribution in [0.3, 0.4) is 0 Å². The summed E-state index contributed by atoms with van der Waals surface area (Å²) in [6.07, 6.45) is 0. The second-order valence-corrected chi connectivity index (χ2v) is 4.70. The Balaban J connectivity index is 0.00000225. The molecule has 3 N–H and O–H groups in total. The van der Waals surface area contributed by atoms with Crippen molar-refractivity contribution in [3.63, 3.8) is 0 Å². The molecule has 0 aliphatic carbocycles. The van der Waals surface area contributed by atoms with Crippen LogP contribution < -0.4 is 5.73 Å². The molecule has 92 valence electrons. The fraction of sp³-hybridized carbons (Fsp3) is 0.455. The summed E-state index contributed by atoms with van der Waals surface area (Å²) in [6.45, 7) is 3.61. The van der Waals surface area contributed by atoms with Crippen LogP contribution in [0, 0.1) is 11.2 Å². The minimum Gasteiger partial charge on any atom is -0.396 e. The lowest BCUT2D eigenvalue weighted by Gasteiger charge is -2.30. The highest BCUT2D eigenvalue weighted by molar-refractivity contribution is 6.31. The van der Waals surface area contributed by atoms with E-state index in [0.717, 1.165) is 0 Å². The molecule has 0 aliphatic rings. The molecule has 2 nitrogen and oxygen atoms in total. The molecule has 0 amide bonds. The topological polar surface area (TPSA) is 46.2 Å². The Morgan fingerprint density at radius 2 is 2.06 bits per heavy atom. The zero-order chi connectivity index (χ0) is 11.6. The molecular formula is C11H16Cl2FNO. The molecule has 1 rings (SSSR count). The summed E-state index contributed by atoms with van der Waals surface area (Å²) >= 11 is 5.89. The maximum atomic E-state index is 12.8. The Morgan fingerprint density at radius 1 is 1.50 bits per heavy atom. The predicted molar refractivity (Wildman–Crippen MR) is 66.5 cm³/mol. The van der Waals surface area contributed by atoms with Crippen molar-refractivity contribution in [2.24, 2.45) is 11.1 Å². The number of benzene rings is 1. The number of hydrogen-bond acceptors (Lipinski definition) is 2. The molecule has 0 spiro atoms. The Morgan fingerprint density at radius 3 is 2.50 bits per heavy atom. The third-order valence-corrected chi connectivity index (χ3v) is 2.87. The molecule has 0 radical (unpaired) electrons. The maximum absolute atomic E-state index is 12.8. The van der Waals surface area contributed by atoms with Gasteiger partial charge in [0, 0.05) is 23.1 Å². The van der Waals surface area contributed by atoms with Gasteiger partial charge in [0.2, 0.25) is 0 Å². The van der Waals surface area contributed by atoms with Crippen molar-refractivity contribution in [3.05, 3.63) is 34.6 Å². The molecule has 5 heteroatoms. The van der Waals surface area contributed by atoms with Crippen LogP contribution in [0.25, 0.3) is 0 Å². The molecule has 1 atom stereocenters. The average molecular weight is 268 g/mol. The van der Waals surface area contributed by atoms with E-state index in [-0.39, 0.29) is 19.0 Å². The molecule has 0 saturated carbocycles. The Labute approximate surface area is 106 Å². The van der Waals surface area contributed by atoms with Crippen molar-refractivity contribution in [2.45, 2.75) is 19.9 Å². The van der Waals surface area contributed by atoms with E-state index in [0.29, 0.717) is 10.6 Å². The molecule has 16 heavy (non-hydrogen) atoms. The lowest BCUT2D eigenvalue weighted by molar-refractivity contribution is 0.132. The first-order valence-corrected chi connectivity index (χ1v) is 5.07. The van der Waals surface area contributed by atoms with Crippen molar-refractivity contribution in [1.29, 1.82) is 0 Å². The van der Waals surface area contributed by atoms with Crippen molar-refractivity contribution in [1.82, 2.24) is 0 Å². The van der Waals surface area contributed by atoms with Crippen LogP contribution in [-0.4, -0.2) is 11.7 Å². The van der Waals surface area contributed by atoms with E-state index in [1.54, 1.807) is 6.07 Å². The van der Waals surface area contributed by atoms with Gasteiger partial charge in [-0.3, -0.25) is 0 Å². The van der Waals surface area contributed by atoms with Crippen LogP contribution in [0.15, 0.2) is 18.2 Å². The number of nitrogens with two attached hydrogens (primary N) is 1. The summed E-state index contributed by atoms with van der Waals surface area (Å²) in [4.78, 5) is 0. The highest BCUT2D eigenvalue weighted by atomic mass is 35.5. The molecule has 0 heterocycles. The average Bonchev–Trinajstić information content (AvgIpc) is 2.17. The minimum absolute atomic E-state index is 0. The quantitative estimate of drug-likeness (QED) is 0.885. The van der Waals surface area contributed by atoms with Crippen LogP contribution in [0.2, 0.25) is 5.02 Å². The first kappa shape index (κ1) is 15.7. The first-order valence-electron chi connectivity index (χ1n) is 4.70. The van der Waals surface area contributed by atoms with E-state index in [4.69, 9.17) is 17.3 Å². The van der Waals surface area contributed by atoms with Crippen LogP contribution in [0.4, 0.5) is 4.39 Å². The molecule has 0 aliphatic heterocycles. The van der Waals surface area contributed by atoms with Crippen molar-refractivity contribution in [3.8, 4) is 0 Å². The van der Waals surface area contributed by atoms with Crippen molar-refractivity contribution >= 4 is 24.0 Å². The number of hydrogen-bond donors (Lipinski definition) is 2. The van der Waals surface area contributed by atoms with Gasteiger partial charge in [-0.2, -0.15) is 0 Å². The lowest BCUT2D eigenvalue weighted by atomic mass is 9.82. The number of aliphatic hydroxyl groups is 1. The molecular weight excluding hydrogens is 252 g/mol. The van der Waals surface area contributed by atoms with Crippen LogP contribution >= 0.6 is 24.0 Å². The van der Waals surface area contributed by atoms with Gasteiger partial charge in [-0.15, -0.1) is 12.4 Å². The zero-order valence-corrected chi connectivity index (χ0v) is 10.8. The van der Waals surface area contributed by atoms with Gasteiger partial charge < -0.3 is 10.8 Å². The SMILES string of the molecule is CC(C)(CO)[C@@H](N)c1ccc(F)cc1Cl.Cl. The molecule has 1 aromatic rings. The number of aliphatic hydroxyl groups excluding tert-OH is 1. The number of rotatable bonds is 3. The molecule has 0 saturated heterocycles. The summed E-state index contributed by atoms with van der Waals surface area (Å²) < 4.78 is 12.8. The Kier molecular flexibility index (Phi) is 5.70. The Hall–Kier alpha value is -0.350. The van der Waals surface area contributed by atoms with Crippen LogP contribution in [0.1, 0.15) is 25.5 Å². The van der Waals surface area contributed by atoms with Gasteiger partial charge in [0.1, 0.15) is 5.82 Å². The summed E-state index contributed by atoms with van der Waals surface area (Å²) in [6, 6.07) is 3.67. The van der Waals surface area contributed by atoms with Gasteiger partial charge in [0.05, 0.1) is 0 Å². The van der Waals surface area contributed by atoms with Gasteiger partial charge in [-0.05, 0) is 17.7 Å². The van der Waals surface area contributed by atoms with E-state index in [2.05, 4.69) is 0 Å². The van der Waals surface area contributed by atoms with E-state index >= 15 is 0 Å². The fourth-order valence-electron chi connectivity index (χ4n) is 1.27. The highest BCUT2D eigenvalue weighted by Crippen LogP contribution is 2.34. The van der Waals surface area contributed by atoms with Gasteiger partial charge in [0.15, 0.2) is 0 Å². The van der Waals surface area contributed by atoms with Crippen LogP contribution in [-0.2, 0) is 0 Å². The second kappa shape index (κ2) is 5.82. The van der Waals surface area contributed by atoms with Gasteiger partial charge >= 0.3 is 0 Å². The van der Waals surface area contributed by atoms with Gasteiger partial charge in [-0.1, -0.05) is 31.5 Å². The van der Waals surface area contributed by atoms with Crippen molar-refractivity contribution < 1.29 is 9.50 Å². The number of halogens is 3. The first-order chi connectivity index (χ1) is 6.88. The minimum atomic E-state index is -0.485.